The summed E-state index contributed by atoms with van der Waals surface area (Å²) < 4.78 is 6.11. The highest BCUT2D eigenvalue weighted by Crippen LogP contribution is 2.30. The van der Waals surface area contributed by atoms with Crippen LogP contribution in [0.3, 0.4) is 0 Å². The number of rotatable bonds is 4. The van der Waals surface area contributed by atoms with Crippen molar-refractivity contribution >= 4 is 27.5 Å². The van der Waals surface area contributed by atoms with Crippen LogP contribution >= 0.6 is 27.5 Å². The number of hydrogen-bond acceptors (Lipinski definition) is 4. The van der Waals surface area contributed by atoms with Crippen LogP contribution < -0.4 is 10.1 Å². The van der Waals surface area contributed by atoms with Gasteiger partial charge in [0, 0.05) is 16.9 Å². The van der Waals surface area contributed by atoms with Crippen molar-refractivity contribution in [2.75, 3.05) is 14.2 Å². The number of nitrogens with zero attached hydrogens (tertiary/aromatic N) is 2. The molecule has 1 aromatic heterocycles. The summed E-state index contributed by atoms with van der Waals surface area (Å²) in [6, 6.07) is 5.64. The molecule has 1 N–H and O–H groups in total. The van der Waals surface area contributed by atoms with Gasteiger partial charge in [-0.3, -0.25) is 4.98 Å². The van der Waals surface area contributed by atoms with Crippen LogP contribution in [0.4, 0.5) is 0 Å². The molecule has 1 atom stereocenters. The molecule has 4 nitrogen and oxygen atoms in total. The van der Waals surface area contributed by atoms with Gasteiger partial charge >= 0.3 is 0 Å². The monoisotopic (exact) mass is 341 g/mol. The molecule has 0 amide bonds. The molecule has 0 aliphatic heterocycles. The maximum Gasteiger partial charge on any atom is 0.237 e. The summed E-state index contributed by atoms with van der Waals surface area (Å²) in [6.45, 7) is 0. The first-order valence-corrected chi connectivity index (χ1v) is 6.81. The number of ether oxygens (including phenoxy) is 1. The van der Waals surface area contributed by atoms with Gasteiger partial charge in [0.1, 0.15) is 5.69 Å². The van der Waals surface area contributed by atoms with Gasteiger partial charge in [-0.15, -0.1) is 0 Å². The topological polar surface area (TPSA) is 47.0 Å². The molecule has 1 heterocycles. The van der Waals surface area contributed by atoms with Crippen LogP contribution in [0.25, 0.3) is 0 Å². The molecule has 2 rings (SSSR count). The molecule has 6 heteroatoms. The van der Waals surface area contributed by atoms with Gasteiger partial charge < -0.3 is 10.1 Å². The van der Waals surface area contributed by atoms with E-state index in [0.717, 1.165) is 15.7 Å². The number of hydrogen-bond donors (Lipinski definition) is 1. The summed E-state index contributed by atoms with van der Waals surface area (Å²) in [4.78, 5) is 8.51. The summed E-state index contributed by atoms with van der Waals surface area (Å²) in [5, 5.41) is 3.85. The predicted octanol–water partition coefficient (Wildman–Crippen LogP) is 3.21. The smallest absolute Gasteiger partial charge is 0.237 e. The van der Waals surface area contributed by atoms with E-state index >= 15 is 0 Å². The van der Waals surface area contributed by atoms with Crippen molar-refractivity contribution in [2.45, 2.75) is 6.04 Å². The van der Waals surface area contributed by atoms with Gasteiger partial charge in [0.25, 0.3) is 0 Å². The second kappa shape index (κ2) is 6.32. The van der Waals surface area contributed by atoms with E-state index in [1.54, 1.807) is 19.5 Å². The summed E-state index contributed by atoms with van der Waals surface area (Å²) in [7, 11) is 3.43. The molecule has 2 aromatic rings. The molecule has 100 valence electrons. The first kappa shape index (κ1) is 14.2. The van der Waals surface area contributed by atoms with Crippen LogP contribution in [0.15, 0.2) is 35.1 Å². The highest BCUT2D eigenvalue weighted by Gasteiger charge is 2.19. The van der Waals surface area contributed by atoms with E-state index in [-0.39, 0.29) is 6.04 Å². The maximum atomic E-state index is 6.13. The lowest BCUT2D eigenvalue weighted by atomic mass is 10.0. The minimum atomic E-state index is -0.130. The highest BCUT2D eigenvalue weighted by atomic mass is 79.9. The second-order valence-electron chi connectivity index (χ2n) is 3.85. The number of benzene rings is 1. The quantitative estimate of drug-likeness (QED) is 0.927. The van der Waals surface area contributed by atoms with E-state index in [1.165, 1.54) is 0 Å². The first-order valence-electron chi connectivity index (χ1n) is 5.64. The minimum Gasteiger partial charge on any atom is -0.480 e. The Kier molecular flexibility index (Phi) is 4.74. The maximum absolute atomic E-state index is 6.13. The van der Waals surface area contributed by atoms with Gasteiger partial charge in [-0.05, 0) is 40.7 Å². The average molecular weight is 343 g/mol. The molecule has 0 saturated carbocycles. The van der Waals surface area contributed by atoms with Crippen LogP contribution in [0, 0.1) is 0 Å². The Bertz CT molecular complexity index is 580. The fraction of sp³-hybridized carbons (Fsp3) is 0.231. The van der Waals surface area contributed by atoms with Crippen molar-refractivity contribution in [2.24, 2.45) is 0 Å². The molecule has 0 spiro atoms. The fourth-order valence-corrected chi connectivity index (χ4v) is 2.28. The van der Waals surface area contributed by atoms with Crippen molar-refractivity contribution < 1.29 is 4.74 Å². The number of methoxy groups -OCH3 is 1. The Labute approximate surface area is 125 Å². The molecule has 0 radical (unpaired) electrons. The van der Waals surface area contributed by atoms with Crippen molar-refractivity contribution in [3.63, 3.8) is 0 Å². The molecule has 0 aliphatic rings. The molecule has 0 bridgehead atoms. The van der Waals surface area contributed by atoms with Gasteiger partial charge in [-0.25, -0.2) is 4.98 Å². The SMILES string of the molecule is CNC(c1ccc(Br)c(Cl)c1)c1nccnc1OC. The Morgan fingerprint density at radius 3 is 2.68 bits per heavy atom. The minimum absolute atomic E-state index is 0.130. The van der Waals surface area contributed by atoms with Crippen LogP contribution in [0.2, 0.25) is 5.02 Å². The molecular weight excluding hydrogens is 330 g/mol. The van der Waals surface area contributed by atoms with E-state index in [9.17, 15) is 0 Å². The standard InChI is InChI=1S/C13H13BrClN3O/c1-16-11(8-3-4-9(14)10(15)7-8)12-13(19-2)18-6-5-17-12/h3-7,11,16H,1-2H3. The van der Waals surface area contributed by atoms with Gasteiger partial charge in [0.05, 0.1) is 18.2 Å². The number of nitrogens with one attached hydrogen (secondary N) is 1. The highest BCUT2D eigenvalue weighted by molar-refractivity contribution is 9.10. The van der Waals surface area contributed by atoms with E-state index in [4.69, 9.17) is 16.3 Å². The van der Waals surface area contributed by atoms with E-state index < -0.39 is 0 Å². The largest absolute Gasteiger partial charge is 0.480 e. The molecule has 0 saturated heterocycles. The second-order valence-corrected chi connectivity index (χ2v) is 5.11. The molecule has 0 fully saturated rings. The van der Waals surface area contributed by atoms with E-state index in [0.29, 0.717) is 10.9 Å². The summed E-state index contributed by atoms with van der Waals surface area (Å²) in [5.74, 6) is 0.501. The van der Waals surface area contributed by atoms with E-state index in [1.807, 2.05) is 25.2 Å². The zero-order valence-electron chi connectivity index (χ0n) is 10.5. The predicted molar refractivity (Wildman–Crippen MR) is 78.6 cm³/mol. The van der Waals surface area contributed by atoms with Gasteiger partial charge in [-0.1, -0.05) is 17.7 Å². The lowest BCUT2D eigenvalue weighted by Crippen LogP contribution is -2.20. The summed E-state index contributed by atoms with van der Waals surface area (Å²) >= 11 is 9.51. The van der Waals surface area contributed by atoms with E-state index in [2.05, 4.69) is 31.2 Å². The zero-order chi connectivity index (χ0) is 13.8. The summed E-state index contributed by atoms with van der Waals surface area (Å²) in [5.41, 5.74) is 1.72. The Morgan fingerprint density at radius 2 is 2.05 bits per heavy atom. The zero-order valence-corrected chi connectivity index (χ0v) is 12.9. The Balaban J connectivity index is 2.46. The Hall–Kier alpha value is -1.17. The number of halogens is 2. The third kappa shape index (κ3) is 3.05. The molecule has 19 heavy (non-hydrogen) atoms. The molecule has 1 unspecified atom stereocenters. The third-order valence-corrected chi connectivity index (χ3v) is 3.96. The lowest BCUT2D eigenvalue weighted by Gasteiger charge is -2.18. The van der Waals surface area contributed by atoms with Gasteiger partial charge in [0.2, 0.25) is 5.88 Å². The summed E-state index contributed by atoms with van der Waals surface area (Å²) in [6.07, 6.45) is 3.24. The van der Waals surface area contributed by atoms with Crippen molar-refractivity contribution in [3.05, 3.63) is 51.3 Å². The lowest BCUT2D eigenvalue weighted by molar-refractivity contribution is 0.384. The van der Waals surface area contributed by atoms with Crippen LogP contribution in [0.1, 0.15) is 17.3 Å². The normalized spacial score (nSPS) is 12.2. The molecular formula is C13H13BrClN3O. The average Bonchev–Trinajstić information content (AvgIpc) is 2.44. The first-order chi connectivity index (χ1) is 9.17. The number of aromatic nitrogens is 2. The molecule has 0 aliphatic carbocycles. The van der Waals surface area contributed by atoms with Gasteiger partial charge in [0.15, 0.2) is 0 Å². The Morgan fingerprint density at radius 1 is 1.32 bits per heavy atom. The third-order valence-electron chi connectivity index (χ3n) is 2.72. The van der Waals surface area contributed by atoms with Crippen molar-refractivity contribution in [3.8, 4) is 5.88 Å². The van der Waals surface area contributed by atoms with Gasteiger partial charge in [-0.2, -0.15) is 0 Å². The van der Waals surface area contributed by atoms with Crippen LogP contribution in [0.5, 0.6) is 5.88 Å². The van der Waals surface area contributed by atoms with Crippen molar-refractivity contribution in [1.29, 1.82) is 0 Å². The molecule has 1 aromatic carbocycles. The fourth-order valence-electron chi connectivity index (χ4n) is 1.84. The van der Waals surface area contributed by atoms with Crippen LogP contribution in [-0.4, -0.2) is 24.1 Å². The van der Waals surface area contributed by atoms with Crippen LogP contribution in [-0.2, 0) is 0 Å². The van der Waals surface area contributed by atoms with Crippen molar-refractivity contribution in [1.82, 2.24) is 15.3 Å².